The lowest BCUT2D eigenvalue weighted by molar-refractivity contribution is -0.167. The van der Waals surface area contributed by atoms with E-state index in [1.54, 1.807) is 12.7 Å². The normalized spacial score (nSPS) is 36.2. The SMILES string of the molecule is COC(O)N(C)CCCCCCC(C)COC1CCC2(C)C(=CCC3C2CCC2(C)C3CCC2[C@H](C)CCCC(C)C)C1. The molecule has 4 rings (SSSR count). The second-order valence-corrected chi connectivity index (χ2v) is 16.8. The molecule has 0 bridgehead atoms. The number of ether oxygens (including phenoxy) is 2. The van der Waals surface area contributed by atoms with E-state index in [9.17, 15) is 5.11 Å². The Morgan fingerprint density at radius 3 is 2.42 bits per heavy atom. The zero-order valence-electron chi connectivity index (χ0n) is 29.7. The van der Waals surface area contributed by atoms with Crippen molar-refractivity contribution in [2.75, 3.05) is 27.3 Å². The van der Waals surface area contributed by atoms with Crippen molar-refractivity contribution in [1.82, 2.24) is 4.90 Å². The van der Waals surface area contributed by atoms with Crippen molar-refractivity contribution in [1.29, 1.82) is 0 Å². The second kappa shape index (κ2) is 15.9. The maximum absolute atomic E-state index is 9.68. The van der Waals surface area contributed by atoms with Crippen molar-refractivity contribution in [3.8, 4) is 0 Å². The molecule has 4 aliphatic rings. The first-order chi connectivity index (χ1) is 20.5. The van der Waals surface area contributed by atoms with Crippen LogP contribution in [-0.4, -0.2) is 49.8 Å². The third kappa shape index (κ3) is 8.49. The standard InChI is InChI=1S/C39H71NO3/c1-28(2)14-13-16-30(4)34-19-20-35-33-18-17-31-26-32(21-23-38(31,5)36(33)22-24-39(34,35)6)43-27-29(3)15-11-9-10-12-25-40(7)37(41)42-8/h17,28-30,32-37,41H,9-16,18-27H2,1-8H3/t29?,30-,32?,33?,34?,35?,36?,37?,38?,39?/m1/s1. The Kier molecular flexibility index (Phi) is 13.1. The van der Waals surface area contributed by atoms with Gasteiger partial charge in [0.05, 0.1) is 6.10 Å². The molecule has 4 nitrogen and oxygen atoms in total. The summed E-state index contributed by atoms with van der Waals surface area (Å²) < 4.78 is 11.6. The molecule has 4 aliphatic carbocycles. The lowest BCUT2D eigenvalue weighted by Gasteiger charge is -2.58. The van der Waals surface area contributed by atoms with Crippen LogP contribution in [0.4, 0.5) is 0 Å². The van der Waals surface area contributed by atoms with Crippen LogP contribution in [0.3, 0.4) is 0 Å². The molecule has 9 unspecified atom stereocenters. The van der Waals surface area contributed by atoms with Gasteiger partial charge in [-0.3, -0.25) is 4.90 Å². The molecule has 0 spiro atoms. The summed E-state index contributed by atoms with van der Waals surface area (Å²) in [5.74, 6) is 6.10. The summed E-state index contributed by atoms with van der Waals surface area (Å²) >= 11 is 0. The number of aliphatic hydroxyl groups excluding tert-OH is 1. The fourth-order valence-electron chi connectivity index (χ4n) is 10.7. The summed E-state index contributed by atoms with van der Waals surface area (Å²) in [4.78, 5) is 1.86. The van der Waals surface area contributed by atoms with E-state index < -0.39 is 6.41 Å². The smallest absolute Gasteiger partial charge is 0.215 e. The summed E-state index contributed by atoms with van der Waals surface area (Å²) in [6, 6.07) is 0. The topological polar surface area (TPSA) is 41.9 Å². The van der Waals surface area contributed by atoms with Crippen molar-refractivity contribution in [3.05, 3.63) is 11.6 Å². The number of methoxy groups -OCH3 is 1. The quantitative estimate of drug-likeness (QED) is 0.102. The highest BCUT2D eigenvalue weighted by Gasteiger charge is 2.59. The van der Waals surface area contributed by atoms with Crippen molar-refractivity contribution >= 4 is 0 Å². The Morgan fingerprint density at radius 2 is 1.67 bits per heavy atom. The summed E-state index contributed by atoms with van der Waals surface area (Å²) in [5, 5.41) is 9.68. The Labute approximate surface area is 267 Å². The molecule has 4 heteroatoms. The minimum absolute atomic E-state index is 0.421. The van der Waals surface area contributed by atoms with E-state index in [1.165, 1.54) is 96.3 Å². The predicted molar refractivity (Wildman–Crippen MR) is 181 cm³/mol. The van der Waals surface area contributed by atoms with Crippen LogP contribution in [0.25, 0.3) is 0 Å². The Morgan fingerprint density at radius 1 is 0.907 bits per heavy atom. The number of hydrogen-bond acceptors (Lipinski definition) is 4. The van der Waals surface area contributed by atoms with Crippen LogP contribution in [0.1, 0.15) is 144 Å². The van der Waals surface area contributed by atoms with Gasteiger partial charge in [-0.2, -0.15) is 0 Å². The Hall–Kier alpha value is -0.420. The molecule has 0 aromatic carbocycles. The average Bonchev–Trinajstić information content (AvgIpc) is 3.34. The first-order valence-corrected chi connectivity index (χ1v) is 18.7. The number of aliphatic hydroxyl groups is 1. The number of allylic oxidation sites excluding steroid dienone is 1. The molecule has 0 heterocycles. The molecule has 0 amide bonds. The van der Waals surface area contributed by atoms with Gasteiger partial charge in [-0.15, -0.1) is 0 Å². The molecule has 1 N–H and O–H groups in total. The van der Waals surface area contributed by atoms with Gasteiger partial charge in [0.15, 0.2) is 0 Å². The summed E-state index contributed by atoms with van der Waals surface area (Å²) in [7, 11) is 3.46. The monoisotopic (exact) mass is 602 g/mol. The minimum atomic E-state index is -0.780. The van der Waals surface area contributed by atoms with E-state index in [0.29, 0.717) is 22.9 Å². The molecule has 0 radical (unpaired) electrons. The molecule has 43 heavy (non-hydrogen) atoms. The second-order valence-electron chi connectivity index (χ2n) is 16.8. The lowest BCUT2D eigenvalue weighted by Crippen LogP contribution is -2.51. The molecule has 0 aliphatic heterocycles. The van der Waals surface area contributed by atoms with Crippen LogP contribution in [0.2, 0.25) is 0 Å². The zero-order chi connectivity index (χ0) is 31.2. The van der Waals surface area contributed by atoms with E-state index in [0.717, 1.165) is 55.1 Å². The van der Waals surface area contributed by atoms with Crippen LogP contribution < -0.4 is 0 Å². The molecule has 0 aromatic heterocycles. The highest BCUT2D eigenvalue weighted by Crippen LogP contribution is 2.67. The molecule has 0 aromatic rings. The number of rotatable bonds is 17. The summed E-state index contributed by atoms with van der Waals surface area (Å²) in [6.45, 7) is 16.9. The van der Waals surface area contributed by atoms with Gasteiger partial charge in [0.1, 0.15) is 0 Å². The minimum Gasteiger partial charge on any atom is -0.378 e. The molecule has 10 atom stereocenters. The molecule has 250 valence electrons. The van der Waals surface area contributed by atoms with Crippen molar-refractivity contribution < 1.29 is 14.6 Å². The molecule has 3 fully saturated rings. The number of fused-ring (bicyclic) bond motifs is 5. The molecule has 0 saturated heterocycles. The number of unbranched alkanes of at least 4 members (excludes halogenated alkanes) is 3. The van der Waals surface area contributed by atoms with E-state index in [-0.39, 0.29) is 0 Å². The van der Waals surface area contributed by atoms with Gasteiger partial charge >= 0.3 is 0 Å². The molecular weight excluding hydrogens is 530 g/mol. The van der Waals surface area contributed by atoms with Gasteiger partial charge in [-0.05, 0) is 124 Å². The fraction of sp³-hybridized carbons (Fsp3) is 0.949. The Balaban J connectivity index is 1.21. The predicted octanol–water partition coefficient (Wildman–Crippen LogP) is 9.85. The van der Waals surface area contributed by atoms with E-state index >= 15 is 0 Å². The maximum atomic E-state index is 9.68. The van der Waals surface area contributed by atoms with Crippen LogP contribution >= 0.6 is 0 Å². The first-order valence-electron chi connectivity index (χ1n) is 18.7. The van der Waals surface area contributed by atoms with Gasteiger partial charge in [0, 0.05) is 20.3 Å². The Bertz CT molecular complexity index is 873. The van der Waals surface area contributed by atoms with Gasteiger partial charge in [0.2, 0.25) is 6.41 Å². The van der Waals surface area contributed by atoms with Crippen LogP contribution in [0, 0.1) is 52.3 Å². The summed E-state index contributed by atoms with van der Waals surface area (Å²) in [5.41, 5.74) is 2.77. The number of hydrogen-bond donors (Lipinski definition) is 1. The van der Waals surface area contributed by atoms with Crippen molar-refractivity contribution in [3.63, 3.8) is 0 Å². The van der Waals surface area contributed by atoms with E-state index in [1.807, 2.05) is 11.9 Å². The van der Waals surface area contributed by atoms with Gasteiger partial charge in [0.25, 0.3) is 0 Å². The molecule has 3 saturated carbocycles. The average molecular weight is 602 g/mol. The van der Waals surface area contributed by atoms with Gasteiger partial charge in [-0.1, -0.05) is 91.7 Å². The highest BCUT2D eigenvalue weighted by atomic mass is 16.6. The van der Waals surface area contributed by atoms with Gasteiger partial charge < -0.3 is 14.6 Å². The van der Waals surface area contributed by atoms with E-state index in [4.69, 9.17) is 9.47 Å². The highest BCUT2D eigenvalue weighted by molar-refractivity contribution is 5.25. The van der Waals surface area contributed by atoms with Crippen LogP contribution in [0.5, 0.6) is 0 Å². The summed E-state index contributed by atoms with van der Waals surface area (Å²) in [6.07, 6.45) is 23.8. The van der Waals surface area contributed by atoms with E-state index in [2.05, 4.69) is 47.6 Å². The van der Waals surface area contributed by atoms with Gasteiger partial charge in [-0.25, -0.2) is 0 Å². The lowest BCUT2D eigenvalue weighted by atomic mass is 9.47. The largest absolute Gasteiger partial charge is 0.378 e. The van der Waals surface area contributed by atoms with Crippen LogP contribution in [-0.2, 0) is 9.47 Å². The fourth-order valence-corrected chi connectivity index (χ4v) is 10.7. The van der Waals surface area contributed by atoms with Crippen LogP contribution in [0.15, 0.2) is 11.6 Å². The third-order valence-electron chi connectivity index (χ3n) is 13.4. The van der Waals surface area contributed by atoms with Crippen molar-refractivity contribution in [2.45, 2.75) is 157 Å². The maximum Gasteiger partial charge on any atom is 0.215 e. The van der Waals surface area contributed by atoms with Crippen molar-refractivity contribution in [2.24, 2.45) is 52.3 Å². The first kappa shape index (κ1) is 35.4. The molecular formula is C39H71NO3. The zero-order valence-corrected chi connectivity index (χ0v) is 29.7. The third-order valence-corrected chi connectivity index (χ3v) is 13.4. The number of nitrogens with zero attached hydrogens (tertiary/aromatic N) is 1.